The zero-order valence-corrected chi connectivity index (χ0v) is 9.44. The minimum Gasteiger partial charge on any atom is -0.381 e. The first-order chi connectivity index (χ1) is 6.35. The molecule has 0 saturated heterocycles. The Bertz CT molecular complexity index is 96.1. The SMILES string of the molecule is CCCOCCCC(CC)NCC. The summed E-state index contributed by atoms with van der Waals surface area (Å²) in [7, 11) is 0. The van der Waals surface area contributed by atoms with Gasteiger partial charge in [-0.2, -0.15) is 0 Å². The molecule has 0 aromatic carbocycles. The van der Waals surface area contributed by atoms with Crippen LogP contribution in [0.5, 0.6) is 0 Å². The van der Waals surface area contributed by atoms with E-state index in [0.717, 1.165) is 26.2 Å². The Hall–Kier alpha value is -0.0800. The minimum absolute atomic E-state index is 0.690. The first-order valence-corrected chi connectivity index (χ1v) is 5.66. The highest BCUT2D eigenvalue weighted by molar-refractivity contribution is 4.62. The molecule has 13 heavy (non-hydrogen) atoms. The predicted molar refractivity (Wildman–Crippen MR) is 58.1 cm³/mol. The molecule has 0 rings (SSSR count). The maximum atomic E-state index is 5.43. The number of hydrogen-bond acceptors (Lipinski definition) is 2. The fraction of sp³-hybridized carbons (Fsp3) is 1.00. The van der Waals surface area contributed by atoms with Gasteiger partial charge >= 0.3 is 0 Å². The van der Waals surface area contributed by atoms with Crippen LogP contribution in [-0.4, -0.2) is 25.8 Å². The number of ether oxygens (including phenoxy) is 1. The maximum absolute atomic E-state index is 5.43. The van der Waals surface area contributed by atoms with E-state index in [0.29, 0.717) is 6.04 Å². The van der Waals surface area contributed by atoms with Crippen LogP contribution in [0.4, 0.5) is 0 Å². The van der Waals surface area contributed by atoms with Gasteiger partial charge in [0.25, 0.3) is 0 Å². The lowest BCUT2D eigenvalue weighted by molar-refractivity contribution is 0.128. The van der Waals surface area contributed by atoms with Gasteiger partial charge in [-0.05, 0) is 32.2 Å². The van der Waals surface area contributed by atoms with Gasteiger partial charge in [-0.15, -0.1) is 0 Å². The zero-order chi connectivity index (χ0) is 9.94. The summed E-state index contributed by atoms with van der Waals surface area (Å²) >= 11 is 0. The quantitative estimate of drug-likeness (QED) is 0.560. The Morgan fingerprint density at radius 2 is 1.92 bits per heavy atom. The lowest BCUT2D eigenvalue weighted by Crippen LogP contribution is -2.28. The van der Waals surface area contributed by atoms with Gasteiger partial charge in [0.2, 0.25) is 0 Å². The highest BCUT2D eigenvalue weighted by Crippen LogP contribution is 2.01. The van der Waals surface area contributed by atoms with Crippen LogP contribution in [0, 0.1) is 0 Å². The highest BCUT2D eigenvalue weighted by Gasteiger charge is 2.02. The summed E-state index contributed by atoms with van der Waals surface area (Å²) in [6.07, 6.45) is 4.78. The lowest BCUT2D eigenvalue weighted by atomic mass is 10.1. The van der Waals surface area contributed by atoms with E-state index in [1.165, 1.54) is 19.3 Å². The van der Waals surface area contributed by atoms with Gasteiger partial charge in [0.1, 0.15) is 0 Å². The third-order valence-corrected chi connectivity index (χ3v) is 2.18. The van der Waals surface area contributed by atoms with Crippen LogP contribution in [-0.2, 0) is 4.74 Å². The Balaban J connectivity index is 3.17. The molecule has 2 heteroatoms. The van der Waals surface area contributed by atoms with E-state index in [-0.39, 0.29) is 0 Å². The molecule has 0 aromatic rings. The fourth-order valence-electron chi connectivity index (χ4n) is 1.42. The van der Waals surface area contributed by atoms with Crippen molar-refractivity contribution in [3.05, 3.63) is 0 Å². The molecular formula is C11H25NO. The summed E-state index contributed by atoms with van der Waals surface area (Å²) < 4.78 is 5.43. The molecule has 0 aromatic heterocycles. The van der Waals surface area contributed by atoms with Gasteiger partial charge < -0.3 is 10.1 Å². The smallest absolute Gasteiger partial charge is 0.0466 e. The van der Waals surface area contributed by atoms with Crippen LogP contribution in [0.1, 0.15) is 46.5 Å². The van der Waals surface area contributed by atoms with Crippen LogP contribution in [0.15, 0.2) is 0 Å². The van der Waals surface area contributed by atoms with Crippen LogP contribution in [0.25, 0.3) is 0 Å². The summed E-state index contributed by atoms with van der Waals surface area (Å²) in [5, 5.41) is 3.47. The zero-order valence-electron chi connectivity index (χ0n) is 9.44. The van der Waals surface area contributed by atoms with Crippen molar-refractivity contribution in [2.24, 2.45) is 0 Å². The molecule has 0 aliphatic carbocycles. The molecule has 0 aliphatic rings. The third kappa shape index (κ3) is 8.26. The van der Waals surface area contributed by atoms with E-state index in [4.69, 9.17) is 4.74 Å². The van der Waals surface area contributed by atoms with E-state index in [2.05, 4.69) is 26.1 Å². The molecule has 2 nitrogen and oxygen atoms in total. The predicted octanol–water partition coefficient (Wildman–Crippen LogP) is 2.58. The fourth-order valence-corrected chi connectivity index (χ4v) is 1.42. The molecule has 0 fully saturated rings. The van der Waals surface area contributed by atoms with E-state index in [1.54, 1.807) is 0 Å². The van der Waals surface area contributed by atoms with Gasteiger partial charge in [-0.3, -0.25) is 0 Å². The molecule has 0 heterocycles. The van der Waals surface area contributed by atoms with Crippen molar-refractivity contribution in [3.63, 3.8) is 0 Å². The summed E-state index contributed by atoms with van der Waals surface area (Å²) in [6.45, 7) is 9.46. The molecule has 0 spiro atoms. The second kappa shape index (κ2) is 10.0. The highest BCUT2D eigenvalue weighted by atomic mass is 16.5. The Kier molecular flexibility index (Phi) is 9.94. The first-order valence-electron chi connectivity index (χ1n) is 5.66. The average Bonchev–Trinajstić information content (AvgIpc) is 2.16. The van der Waals surface area contributed by atoms with E-state index >= 15 is 0 Å². The molecule has 0 amide bonds. The normalized spacial score (nSPS) is 13.2. The molecule has 1 N–H and O–H groups in total. The summed E-state index contributed by atoms with van der Waals surface area (Å²) in [5.74, 6) is 0. The Labute approximate surface area is 83.1 Å². The van der Waals surface area contributed by atoms with Crippen molar-refractivity contribution >= 4 is 0 Å². The molecule has 0 radical (unpaired) electrons. The topological polar surface area (TPSA) is 21.3 Å². The lowest BCUT2D eigenvalue weighted by Gasteiger charge is -2.15. The number of hydrogen-bond donors (Lipinski definition) is 1. The summed E-state index contributed by atoms with van der Waals surface area (Å²) in [6, 6.07) is 0.690. The van der Waals surface area contributed by atoms with Crippen molar-refractivity contribution in [1.29, 1.82) is 0 Å². The van der Waals surface area contributed by atoms with Crippen LogP contribution in [0.2, 0.25) is 0 Å². The van der Waals surface area contributed by atoms with Gasteiger partial charge in [0.15, 0.2) is 0 Å². The summed E-state index contributed by atoms with van der Waals surface area (Å²) in [5.41, 5.74) is 0. The molecule has 1 unspecified atom stereocenters. The Morgan fingerprint density at radius 1 is 1.15 bits per heavy atom. The molecule has 0 aliphatic heterocycles. The van der Waals surface area contributed by atoms with E-state index < -0.39 is 0 Å². The molecule has 1 atom stereocenters. The first kappa shape index (κ1) is 12.9. The van der Waals surface area contributed by atoms with E-state index in [1.807, 2.05) is 0 Å². The van der Waals surface area contributed by atoms with Gasteiger partial charge in [0.05, 0.1) is 0 Å². The molecule has 0 saturated carbocycles. The van der Waals surface area contributed by atoms with Crippen LogP contribution >= 0.6 is 0 Å². The number of nitrogens with one attached hydrogen (secondary N) is 1. The largest absolute Gasteiger partial charge is 0.381 e. The van der Waals surface area contributed by atoms with Gasteiger partial charge in [0, 0.05) is 19.3 Å². The van der Waals surface area contributed by atoms with Crippen molar-refractivity contribution < 1.29 is 4.74 Å². The van der Waals surface area contributed by atoms with Crippen molar-refractivity contribution in [1.82, 2.24) is 5.32 Å². The van der Waals surface area contributed by atoms with Gasteiger partial charge in [-0.25, -0.2) is 0 Å². The van der Waals surface area contributed by atoms with Crippen molar-refractivity contribution in [3.8, 4) is 0 Å². The van der Waals surface area contributed by atoms with Crippen LogP contribution in [0.3, 0.4) is 0 Å². The van der Waals surface area contributed by atoms with Crippen LogP contribution < -0.4 is 5.32 Å². The second-order valence-electron chi connectivity index (χ2n) is 3.42. The van der Waals surface area contributed by atoms with E-state index in [9.17, 15) is 0 Å². The minimum atomic E-state index is 0.690. The molecule has 80 valence electrons. The maximum Gasteiger partial charge on any atom is 0.0466 e. The molecular weight excluding hydrogens is 162 g/mol. The summed E-state index contributed by atoms with van der Waals surface area (Å²) in [4.78, 5) is 0. The standard InChI is InChI=1S/C11H25NO/c1-4-9-13-10-7-8-11(5-2)12-6-3/h11-12H,4-10H2,1-3H3. The Morgan fingerprint density at radius 3 is 2.46 bits per heavy atom. The van der Waals surface area contributed by atoms with Gasteiger partial charge in [-0.1, -0.05) is 20.8 Å². The molecule has 0 bridgehead atoms. The number of rotatable bonds is 9. The second-order valence-corrected chi connectivity index (χ2v) is 3.42. The third-order valence-electron chi connectivity index (χ3n) is 2.18. The monoisotopic (exact) mass is 187 g/mol. The van der Waals surface area contributed by atoms with Crippen molar-refractivity contribution in [2.75, 3.05) is 19.8 Å². The van der Waals surface area contributed by atoms with Crippen molar-refractivity contribution in [2.45, 2.75) is 52.5 Å². The average molecular weight is 187 g/mol.